The Morgan fingerprint density at radius 2 is 1.97 bits per heavy atom. The van der Waals surface area contributed by atoms with Crippen LogP contribution in [0.15, 0.2) is 60.9 Å². The van der Waals surface area contributed by atoms with Gasteiger partial charge in [-0.15, -0.1) is 0 Å². The molecule has 0 saturated carbocycles. The van der Waals surface area contributed by atoms with Crippen LogP contribution in [0.2, 0.25) is 5.02 Å². The molecule has 8 nitrogen and oxygen atoms in total. The van der Waals surface area contributed by atoms with Crippen LogP contribution in [0.3, 0.4) is 0 Å². The Morgan fingerprint density at radius 1 is 1.17 bits per heavy atom. The number of halogens is 1. The van der Waals surface area contributed by atoms with Gasteiger partial charge in [0.2, 0.25) is 0 Å². The maximum Gasteiger partial charge on any atom is 0.275 e. The highest BCUT2D eigenvalue weighted by atomic mass is 35.5. The third-order valence-corrected chi connectivity index (χ3v) is 3.96. The van der Waals surface area contributed by atoms with Crippen LogP contribution in [0.25, 0.3) is 0 Å². The molecule has 0 aliphatic carbocycles. The number of anilines is 1. The molecule has 0 bridgehead atoms. The lowest BCUT2D eigenvalue weighted by atomic mass is 10.2. The van der Waals surface area contributed by atoms with E-state index in [0.29, 0.717) is 16.5 Å². The second kappa shape index (κ2) is 9.03. The number of para-hydroxylation sites is 1. The van der Waals surface area contributed by atoms with Crippen LogP contribution in [0.4, 0.5) is 11.4 Å². The Labute approximate surface area is 171 Å². The number of carbonyl (C=O) groups is 1. The molecule has 3 rings (SSSR count). The molecular weight excluding hydrogens is 398 g/mol. The monoisotopic (exact) mass is 413 g/mol. The third kappa shape index (κ3) is 5.66. The maximum atomic E-state index is 12.2. The molecule has 0 radical (unpaired) electrons. The summed E-state index contributed by atoms with van der Waals surface area (Å²) < 4.78 is 11.1. The van der Waals surface area contributed by atoms with Gasteiger partial charge in [-0.1, -0.05) is 29.8 Å². The molecule has 1 heterocycles. The first-order valence-corrected chi connectivity index (χ1v) is 8.84. The normalized spacial score (nSPS) is 10.3. The van der Waals surface area contributed by atoms with Crippen molar-refractivity contribution >= 4 is 28.9 Å². The van der Waals surface area contributed by atoms with Gasteiger partial charge >= 0.3 is 0 Å². The van der Waals surface area contributed by atoms with E-state index in [1.165, 1.54) is 36.7 Å². The van der Waals surface area contributed by atoms with Gasteiger partial charge < -0.3 is 14.8 Å². The fourth-order valence-electron chi connectivity index (χ4n) is 2.46. The Balaban J connectivity index is 1.73. The topological polar surface area (TPSA) is 104 Å². The Hall–Kier alpha value is -3.65. The van der Waals surface area contributed by atoms with Crippen molar-refractivity contribution in [3.8, 4) is 17.2 Å². The molecule has 1 amide bonds. The number of carbonyl (C=O) groups excluding carboxylic acids is 1. The summed E-state index contributed by atoms with van der Waals surface area (Å²) in [6.07, 6.45) is 2.85. The summed E-state index contributed by atoms with van der Waals surface area (Å²) in [6.45, 7) is 1.62. The van der Waals surface area contributed by atoms with Gasteiger partial charge in [0, 0.05) is 24.4 Å². The molecule has 0 saturated heterocycles. The Morgan fingerprint density at radius 3 is 2.69 bits per heavy atom. The zero-order valence-electron chi connectivity index (χ0n) is 15.3. The lowest BCUT2D eigenvalue weighted by Crippen LogP contribution is -2.20. The molecule has 9 heteroatoms. The van der Waals surface area contributed by atoms with Crippen molar-refractivity contribution in [3.05, 3.63) is 81.6 Å². The van der Waals surface area contributed by atoms with Crippen molar-refractivity contribution < 1.29 is 19.2 Å². The quantitative estimate of drug-likeness (QED) is 0.442. The average molecular weight is 414 g/mol. The minimum Gasteiger partial charge on any atom is -0.483 e. The summed E-state index contributed by atoms with van der Waals surface area (Å²) in [5.74, 6) is 0.569. The summed E-state index contributed by atoms with van der Waals surface area (Å²) in [4.78, 5) is 26.8. The molecule has 2 aromatic carbocycles. The van der Waals surface area contributed by atoms with Crippen molar-refractivity contribution in [2.45, 2.75) is 6.92 Å². The van der Waals surface area contributed by atoms with E-state index < -0.39 is 10.8 Å². The van der Waals surface area contributed by atoms with Gasteiger partial charge in [0.05, 0.1) is 27.9 Å². The molecule has 0 aliphatic rings. The summed E-state index contributed by atoms with van der Waals surface area (Å²) in [5.41, 5.74) is 0.844. The van der Waals surface area contributed by atoms with Gasteiger partial charge in [0.1, 0.15) is 17.2 Å². The van der Waals surface area contributed by atoms with Crippen LogP contribution in [-0.2, 0) is 4.79 Å². The lowest BCUT2D eigenvalue weighted by molar-refractivity contribution is -0.384. The molecule has 1 N–H and O–H groups in total. The van der Waals surface area contributed by atoms with Crippen molar-refractivity contribution in [1.82, 2.24) is 4.98 Å². The first kappa shape index (κ1) is 20.1. The van der Waals surface area contributed by atoms with Crippen LogP contribution in [-0.4, -0.2) is 22.4 Å². The van der Waals surface area contributed by atoms with Crippen LogP contribution in [0.1, 0.15) is 5.56 Å². The molecule has 0 unspecified atom stereocenters. The largest absolute Gasteiger partial charge is 0.483 e. The summed E-state index contributed by atoms with van der Waals surface area (Å²) >= 11 is 5.87. The van der Waals surface area contributed by atoms with E-state index in [-0.39, 0.29) is 23.7 Å². The number of hydrogen-bond donors (Lipinski definition) is 1. The van der Waals surface area contributed by atoms with E-state index in [1.54, 1.807) is 12.1 Å². The number of nitro groups is 1. The fraction of sp³-hybridized carbons (Fsp3) is 0.100. The second-order valence-electron chi connectivity index (χ2n) is 6.02. The minimum atomic E-state index is -0.581. The molecule has 0 aliphatic heterocycles. The highest BCUT2D eigenvalue weighted by Crippen LogP contribution is 2.30. The van der Waals surface area contributed by atoms with E-state index in [1.807, 2.05) is 19.1 Å². The number of benzene rings is 2. The standard InChI is InChI=1S/C20H16ClN3O5/c1-13-4-2-3-5-19(13)28-12-20(25)23-15-7-16(24(26)27)9-17(8-15)29-18-6-14(21)10-22-11-18/h2-11H,12H2,1H3,(H,23,25). The number of aromatic nitrogens is 1. The van der Waals surface area contributed by atoms with E-state index in [9.17, 15) is 14.9 Å². The predicted molar refractivity (Wildman–Crippen MR) is 108 cm³/mol. The molecule has 0 spiro atoms. The minimum absolute atomic E-state index is 0.151. The van der Waals surface area contributed by atoms with Crippen LogP contribution in [0, 0.1) is 17.0 Å². The summed E-state index contributed by atoms with van der Waals surface area (Å²) in [6, 6.07) is 12.7. The number of rotatable bonds is 7. The fourth-order valence-corrected chi connectivity index (χ4v) is 2.63. The average Bonchev–Trinajstić information content (AvgIpc) is 2.67. The Bertz CT molecular complexity index is 1060. The molecule has 3 aromatic rings. The maximum absolute atomic E-state index is 12.2. The third-order valence-electron chi connectivity index (χ3n) is 3.75. The molecule has 0 atom stereocenters. The molecule has 148 valence electrons. The number of non-ortho nitro benzene ring substituents is 1. The predicted octanol–water partition coefficient (Wildman–Crippen LogP) is 4.76. The van der Waals surface area contributed by atoms with Crippen molar-refractivity contribution in [1.29, 1.82) is 0 Å². The summed E-state index contributed by atoms with van der Waals surface area (Å²) in [7, 11) is 0. The van der Waals surface area contributed by atoms with Gasteiger partial charge in [-0.3, -0.25) is 19.9 Å². The van der Waals surface area contributed by atoms with E-state index in [0.717, 1.165) is 5.56 Å². The number of pyridine rings is 1. The van der Waals surface area contributed by atoms with Crippen molar-refractivity contribution in [2.24, 2.45) is 0 Å². The van der Waals surface area contributed by atoms with Gasteiger partial charge in [-0.2, -0.15) is 0 Å². The van der Waals surface area contributed by atoms with E-state index in [4.69, 9.17) is 21.1 Å². The van der Waals surface area contributed by atoms with Gasteiger partial charge in [0.25, 0.3) is 11.6 Å². The molecular formula is C20H16ClN3O5. The van der Waals surface area contributed by atoms with E-state index >= 15 is 0 Å². The van der Waals surface area contributed by atoms with Gasteiger partial charge in [-0.05, 0) is 18.6 Å². The van der Waals surface area contributed by atoms with Crippen molar-refractivity contribution in [2.75, 3.05) is 11.9 Å². The first-order valence-electron chi connectivity index (χ1n) is 8.47. The number of nitrogens with one attached hydrogen (secondary N) is 1. The van der Waals surface area contributed by atoms with Gasteiger partial charge in [0.15, 0.2) is 6.61 Å². The van der Waals surface area contributed by atoms with Crippen molar-refractivity contribution in [3.63, 3.8) is 0 Å². The highest BCUT2D eigenvalue weighted by Gasteiger charge is 2.14. The number of aryl methyl sites for hydroxylation is 1. The Kier molecular flexibility index (Phi) is 6.25. The molecule has 29 heavy (non-hydrogen) atoms. The number of amides is 1. The lowest BCUT2D eigenvalue weighted by Gasteiger charge is -2.11. The zero-order chi connectivity index (χ0) is 20.8. The smallest absolute Gasteiger partial charge is 0.275 e. The highest BCUT2D eigenvalue weighted by molar-refractivity contribution is 6.30. The molecule has 1 aromatic heterocycles. The number of nitro benzene ring substituents is 1. The van der Waals surface area contributed by atoms with Crippen LogP contribution >= 0.6 is 11.6 Å². The van der Waals surface area contributed by atoms with Gasteiger partial charge in [-0.25, -0.2) is 0 Å². The SMILES string of the molecule is Cc1ccccc1OCC(=O)Nc1cc(Oc2cncc(Cl)c2)cc([N+](=O)[O-])c1. The second-order valence-corrected chi connectivity index (χ2v) is 6.45. The van der Waals surface area contributed by atoms with E-state index in [2.05, 4.69) is 10.3 Å². The number of hydrogen-bond acceptors (Lipinski definition) is 6. The van der Waals surface area contributed by atoms with Crippen LogP contribution in [0.5, 0.6) is 17.2 Å². The zero-order valence-corrected chi connectivity index (χ0v) is 16.1. The molecule has 0 fully saturated rings. The van der Waals surface area contributed by atoms with Crippen LogP contribution < -0.4 is 14.8 Å². The first-order chi connectivity index (χ1) is 13.9. The summed E-state index contributed by atoms with van der Waals surface area (Å²) in [5, 5.41) is 14.2. The number of ether oxygens (including phenoxy) is 2. The number of nitrogens with zero attached hydrogens (tertiary/aromatic N) is 2.